The van der Waals surface area contributed by atoms with Crippen LogP contribution in [0.25, 0.3) is 5.52 Å². The van der Waals surface area contributed by atoms with Crippen LogP contribution in [0.5, 0.6) is 0 Å². The van der Waals surface area contributed by atoms with Gasteiger partial charge in [0.15, 0.2) is 0 Å². The lowest BCUT2D eigenvalue weighted by molar-refractivity contribution is -0.141. The lowest BCUT2D eigenvalue weighted by Crippen LogP contribution is -2.41. The number of carbonyl (C=O) groups excluding carboxylic acids is 3. The van der Waals surface area contributed by atoms with Crippen molar-refractivity contribution >= 4 is 23.2 Å². The molecule has 1 aliphatic carbocycles. The number of esters is 1. The van der Waals surface area contributed by atoms with Crippen LogP contribution < -0.4 is 5.32 Å². The first-order valence-corrected chi connectivity index (χ1v) is 14.6. The van der Waals surface area contributed by atoms with Crippen LogP contribution in [0.2, 0.25) is 0 Å². The molecule has 2 aromatic heterocycles. The fraction of sp³-hybridized carbons (Fsp3) is 0.485. The fourth-order valence-corrected chi connectivity index (χ4v) is 5.56. The number of hydrogen-bond donors (Lipinski definition) is 1. The zero-order chi connectivity index (χ0) is 28.8. The first-order chi connectivity index (χ1) is 19.2. The van der Waals surface area contributed by atoms with Crippen LogP contribution in [0, 0.1) is 0 Å². The molecule has 0 aliphatic heterocycles. The molecule has 0 saturated heterocycles. The molecule has 4 rings (SSSR count). The van der Waals surface area contributed by atoms with Crippen molar-refractivity contribution in [1.29, 1.82) is 0 Å². The maximum Gasteiger partial charge on any atom is 0.325 e. The summed E-state index contributed by atoms with van der Waals surface area (Å²) >= 11 is 0. The Balaban J connectivity index is 1.52. The summed E-state index contributed by atoms with van der Waals surface area (Å²) in [5.41, 5.74) is 4.67. The lowest BCUT2D eigenvalue weighted by atomic mass is 9.97. The van der Waals surface area contributed by atoms with E-state index in [1.54, 1.807) is 18.3 Å². The summed E-state index contributed by atoms with van der Waals surface area (Å²) in [6.07, 6.45) is 9.13. The fourth-order valence-electron chi connectivity index (χ4n) is 5.56. The Hall–Kier alpha value is -3.45. The number of methoxy groups -OCH3 is 1. The summed E-state index contributed by atoms with van der Waals surface area (Å²) in [5.74, 6) is -0.632. The van der Waals surface area contributed by atoms with Gasteiger partial charge in [-0.25, -0.2) is 0 Å². The first kappa shape index (κ1) is 29.5. The molecule has 0 radical (unpaired) electrons. The van der Waals surface area contributed by atoms with E-state index in [1.807, 2.05) is 36.4 Å². The third kappa shape index (κ3) is 6.81. The number of rotatable bonds is 12. The van der Waals surface area contributed by atoms with Gasteiger partial charge in [0, 0.05) is 34.9 Å². The van der Waals surface area contributed by atoms with E-state index in [-0.39, 0.29) is 30.2 Å². The van der Waals surface area contributed by atoms with E-state index in [4.69, 9.17) is 4.74 Å². The Morgan fingerprint density at radius 2 is 1.70 bits per heavy atom. The predicted octanol–water partition coefficient (Wildman–Crippen LogP) is 5.78. The monoisotopic (exact) mass is 545 g/mol. The second kappa shape index (κ2) is 13.3. The van der Waals surface area contributed by atoms with E-state index in [0.717, 1.165) is 30.5 Å². The molecule has 2 heterocycles. The molecule has 7 nitrogen and oxygen atoms in total. The smallest absolute Gasteiger partial charge is 0.325 e. The van der Waals surface area contributed by atoms with E-state index in [0.29, 0.717) is 22.9 Å². The molecule has 7 heteroatoms. The molecular weight excluding hydrogens is 502 g/mol. The number of aryl methyl sites for hydroxylation is 1. The van der Waals surface area contributed by atoms with Gasteiger partial charge in [0.25, 0.3) is 5.91 Å². The van der Waals surface area contributed by atoms with Crippen LogP contribution in [0.4, 0.5) is 0 Å². The molecule has 1 aliphatic rings. The molecule has 3 aromatic rings. The van der Waals surface area contributed by atoms with Gasteiger partial charge in [0.05, 0.1) is 12.8 Å². The van der Waals surface area contributed by atoms with Gasteiger partial charge in [-0.15, -0.1) is 0 Å². The number of benzene rings is 1. The Kier molecular flexibility index (Phi) is 9.80. The molecule has 1 amide bonds. The number of ketones is 1. The summed E-state index contributed by atoms with van der Waals surface area (Å²) in [6, 6.07) is 14.0. The molecule has 1 aromatic carbocycles. The number of ether oxygens (including phenoxy) is 1. The Morgan fingerprint density at radius 3 is 2.33 bits per heavy atom. The Morgan fingerprint density at radius 1 is 1.00 bits per heavy atom. The second-order valence-electron chi connectivity index (χ2n) is 11.5. The molecule has 1 N–H and O–H groups in total. The van der Waals surface area contributed by atoms with Gasteiger partial charge in [0.1, 0.15) is 6.54 Å². The molecule has 214 valence electrons. The van der Waals surface area contributed by atoms with Crippen molar-refractivity contribution in [2.45, 2.75) is 84.2 Å². The molecule has 1 fully saturated rings. The molecule has 40 heavy (non-hydrogen) atoms. The van der Waals surface area contributed by atoms with Gasteiger partial charge in [0.2, 0.25) is 5.78 Å². The minimum atomic E-state index is -0.465. The normalized spacial score (nSPS) is 13.9. The number of nitrogens with one attached hydrogen (secondary N) is 1. The van der Waals surface area contributed by atoms with Crippen molar-refractivity contribution in [1.82, 2.24) is 14.6 Å². The van der Waals surface area contributed by atoms with Crippen LogP contribution in [0.15, 0.2) is 48.7 Å². The summed E-state index contributed by atoms with van der Waals surface area (Å²) in [7, 11) is 1.31. The number of amides is 1. The van der Waals surface area contributed by atoms with E-state index < -0.39 is 5.97 Å². The van der Waals surface area contributed by atoms with Crippen molar-refractivity contribution in [3.8, 4) is 0 Å². The maximum atomic E-state index is 13.8. The molecular formula is C33H43N3O4. The van der Waals surface area contributed by atoms with Gasteiger partial charge >= 0.3 is 5.97 Å². The number of hydrogen-bond acceptors (Lipinski definition) is 5. The van der Waals surface area contributed by atoms with E-state index in [1.165, 1.54) is 43.3 Å². The SMILES string of the molecule is COC(=O)CN(C(=O)c1ccn2c(C(=O)c3ccc(CCCNC4CCCC4)cc3)c(C(C)C)cc2c1)C(C)C. The number of pyridine rings is 1. The number of nitrogens with zero attached hydrogens (tertiary/aromatic N) is 2. The molecule has 1 saturated carbocycles. The van der Waals surface area contributed by atoms with Crippen LogP contribution >= 0.6 is 0 Å². The molecule has 0 unspecified atom stereocenters. The maximum absolute atomic E-state index is 13.8. The minimum Gasteiger partial charge on any atom is -0.468 e. The molecule has 0 atom stereocenters. The van der Waals surface area contributed by atoms with Gasteiger partial charge in [-0.2, -0.15) is 0 Å². The summed E-state index contributed by atoms with van der Waals surface area (Å²) in [4.78, 5) is 40.4. The van der Waals surface area contributed by atoms with Gasteiger partial charge < -0.3 is 19.4 Å². The zero-order valence-corrected chi connectivity index (χ0v) is 24.5. The Labute approximate surface area is 237 Å². The van der Waals surface area contributed by atoms with Crippen molar-refractivity contribution in [3.63, 3.8) is 0 Å². The van der Waals surface area contributed by atoms with Crippen molar-refractivity contribution in [2.24, 2.45) is 0 Å². The third-order valence-electron chi connectivity index (χ3n) is 7.94. The highest BCUT2D eigenvalue weighted by Gasteiger charge is 2.25. The lowest BCUT2D eigenvalue weighted by Gasteiger charge is -2.25. The van der Waals surface area contributed by atoms with Crippen LogP contribution in [0.3, 0.4) is 0 Å². The minimum absolute atomic E-state index is 0.0354. The number of carbonyl (C=O) groups is 3. The highest BCUT2D eigenvalue weighted by Crippen LogP contribution is 2.28. The quantitative estimate of drug-likeness (QED) is 0.177. The predicted molar refractivity (Wildman–Crippen MR) is 158 cm³/mol. The summed E-state index contributed by atoms with van der Waals surface area (Å²) in [6.45, 7) is 8.77. The van der Waals surface area contributed by atoms with E-state index >= 15 is 0 Å². The van der Waals surface area contributed by atoms with Crippen molar-refractivity contribution in [3.05, 3.63) is 76.6 Å². The summed E-state index contributed by atoms with van der Waals surface area (Å²) in [5, 5.41) is 3.67. The van der Waals surface area contributed by atoms with Crippen molar-refractivity contribution in [2.75, 3.05) is 20.2 Å². The first-order valence-electron chi connectivity index (χ1n) is 14.6. The average molecular weight is 546 g/mol. The standard InChI is InChI=1S/C33H43N3O4/c1-22(2)29-20-28-19-26(33(39)36(23(3)4)21-30(37)40-5)16-18-35(28)31(29)32(38)25-14-12-24(13-15-25)9-8-17-34-27-10-6-7-11-27/h12-16,18-20,22-23,27,34H,6-11,17,21H2,1-5H3. The molecule has 0 bridgehead atoms. The van der Waals surface area contributed by atoms with Gasteiger partial charge in [-0.05, 0) is 81.3 Å². The topological polar surface area (TPSA) is 80.1 Å². The average Bonchev–Trinajstić information content (AvgIpc) is 3.61. The van der Waals surface area contributed by atoms with E-state index in [9.17, 15) is 14.4 Å². The Bertz CT molecular complexity index is 1330. The van der Waals surface area contributed by atoms with Crippen molar-refractivity contribution < 1.29 is 19.1 Å². The highest BCUT2D eigenvalue weighted by atomic mass is 16.5. The van der Waals surface area contributed by atoms with Gasteiger partial charge in [-0.1, -0.05) is 51.0 Å². The van der Waals surface area contributed by atoms with Crippen LogP contribution in [-0.2, 0) is 16.0 Å². The number of aromatic nitrogens is 1. The second-order valence-corrected chi connectivity index (χ2v) is 11.5. The molecule has 0 spiro atoms. The zero-order valence-electron chi connectivity index (χ0n) is 24.5. The number of fused-ring (bicyclic) bond motifs is 1. The van der Waals surface area contributed by atoms with Crippen LogP contribution in [0.1, 0.15) is 103 Å². The summed E-state index contributed by atoms with van der Waals surface area (Å²) < 4.78 is 6.65. The highest BCUT2D eigenvalue weighted by molar-refractivity contribution is 6.10. The third-order valence-corrected chi connectivity index (χ3v) is 7.94. The van der Waals surface area contributed by atoms with Gasteiger partial charge in [-0.3, -0.25) is 14.4 Å². The largest absolute Gasteiger partial charge is 0.468 e. The van der Waals surface area contributed by atoms with Crippen LogP contribution in [-0.4, -0.2) is 59.2 Å². The van der Waals surface area contributed by atoms with E-state index in [2.05, 4.69) is 31.3 Å².